The molecule has 0 bridgehead atoms. The van der Waals surface area contributed by atoms with Gasteiger partial charge in [-0.3, -0.25) is 4.79 Å². The van der Waals surface area contributed by atoms with E-state index in [0.717, 1.165) is 25.7 Å². The molecule has 3 N–H and O–H groups in total. The largest absolute Gasteiger partial charge is 0.481 e. The maximum atomic E-state index is 10.4. The maximum absolute atomic E-state index is 10.4. The molecule has 26 heavy (non-hydrogen) atoms. The van der Waals surface area contributed by atoms with Crippen LogP contribution in [0.2, 0.25) is 0 Å². The SMILES string of the molecule is CC/C=C\C/C=C\C/C=C\C/C=C\CC(O)C(O)C/C=C\CCC(=O)O. The summed E-state index contributed by atoms with van der Waals surface area (Å²) in [6, 6.07) is 0. The van der Waals surface area contributed by atoms with Gasteiger partial charge in [-0.1, -0.05) is 67.7 Å². The summed E-state index contributed by atoms with van der Waals surface area (Å²) < 4.78 is 0. The third kappa shape index (κ3) is 16.9. The van der Waals surface area contributed by atoms with Crippen molar-refractivity contribution in [2.45, 2.75) is 70.5 Å². The highest BCUT2D eigenvalue weighted by Gasteiger charge is 2.12. The number of carbonyl (C=O) groups is 1. The summed E-state index contributed by atoms with van der Waals surface area (Å²) in [5, 5.41) is 28.2. The Bertz CT molecular complexity index is 486. The number of rotatable bonds is 15. The molecule has 0 aliphatic rings. The third-order valence-corrected chi connectivity index (χ3v) is 3.61. The minimum atomic E-state index is -0.838. The third-order valence-electron chi connectivity index (χ3n) is 3.61. The Kier molecular flexibility index (Phi) is 16.6. The molecule has 4 heteroatoms. The van der Waals surface area contributed by atoms with Crippen molar-refractivity contribution in [1.29, 1.82) is 0 Å². The van der Waals surface area contributed by atoms with E-state index in [0.29, 0.717) is 19.3 Å². The summed E-state index contributed by atoms with van der Waals surface area (Å²) in [6.45, 7) is 2.12. The molecule has 0 heterocycles. The van der Waals surface area contributed by atoms with Crippen molar-refractivity contribution in [2.75, 3.05) is 0 Å². The molecule has 0 fully saturated rings. The van der Waals surface area contributed by atoms with Gasteiger partial charge < -0.3 is 15.3 Å². The van der Waals surface area contributed by atoms with Gasteiger partial charge >= 0.3 is 5.97 Å². The lowest BCUT2D eigenvalue weighted by Gasteiger charge is -2.14. The van der Waals surface area contributed by atoms with Crippen molar-refractivity contribution >= 4 is 5.97 Å². The number of aliphatic hydroxyl groups is 2. The number of carboxylic acids is 1. The monoisotopic (exact) mass is 362 g/mol. The average molecular weight is 363 g/mol. The highest BCUT2D eigenvalue weighted by atomic mass is 16.4. The Morgan fingerprint density at radius 2 is 1.15 bits per heavy atom. The number of hydrogen-bond acceptors (Lipinski definition) is 3. The Balaban J connectivity index is 3.77. The van der Waals surface area contributed by atoms with Crippen molar-refractivity contribution in [3.05, 3.63) is 60.8 Å². The zero-order valence-corrected chi connectivity index (χ0v) is 15.8. The topological polar surface area (TPSA) is 77.8 Å². The van der Waals surface area contributed by atoms with E-state index < -0.39 is 18.2 Å². The number of aliphatic carboxylic acids is 1. The number of allylic oxidation sites excluding steroid dienone is 8. The fraction of sp³-hybridized carbons (Fsp3) is 0.500. The minimum Gasteiger partial charge on any atom is -0.481 e. The van der Waals surface area contributed by atoms with Gasteiger partial charge in [0.1, 0.15) is 0 Å². The minimum absolute atomic E-state index is 0.0805. The maximum Gasteiger partial charge on any atom is 0.303 e. The standard InChI is InChI=1S/C22H34O4/c1-2-3-4-5-6-7-8-9-10-11-12-14-17-20(23)21(24)18-15-13-16-19-22(25)26/h3-4,6-7,9-10,12-15,20-21,23-24H,2,5,8,11,16-19H2,1H3,(H,25,26)/b4-3-,7-6-,10-9-,14-12-,15-13-. The molecule has 2 atom stereocenters. The average Bonchev–Trinajstić information content (AvgIpc) is 2.61. The van der Waals surface area contributed by atoms with Crippen molar-refractivity contribution in [3.63, 3.8) is 0 Å². The smallest absolute Gasteiger partial charge is 0.303 e. The molecule has 0 aliphatic heterocycles. The van der Waals surface area contributed by atoms with Crippen molar-refractivity contribution in [3.8, 4) is 0 Å². The van der Waals surface area contributed by atoms with Crippen LogP contribution >= 0.6 is 0 Å². The molecule has 0 saturated carbocycles. The van der Waals surface area contributed by atoms with Crippen LogP contribution in [0.1, 0.15) is 58.3 Å². The van der Waals surface area contributed by atoms with Crippen LogP contribution in [0.4, 0.5) is 0 Å². The molecule has 146 valence electrons. The van der Waals surface area contributed by atoms with Gasteiger partial charge in [-0.25, -0.2) is 0 Å². The number of aliphatic hydroxyl groups excluding tert-OH is 2. The molecule has 0 rings (SSSR count). The van der Waals surface area contributed by atoms with E-state index >= 15 is 0 Å². The summed E-state index contributed by atoms with van der Waals surface area (Å²) in [5.74, 6) is -0.838. The van der Waals surface area contributed by atoms with Crippen molar-refractivity contribution in [2.24, 2.45) is 0 Å². The quantitative estimate of drug-likeness (QED) is 0.369. The van der Waals surface area contributed by atoms with Crippen molar-refractivity contribution < 1.29 is 20.1 Å². The van der Waals surface area contributed by atoms with Crippen LogP contribution in [0.25, 0.3) is 0 Å². The Morgan fingerprint density at radius 1 is 0.731 bits per heavy atom. The summed E-state index contributed by atoms with van der Waals surface area (Å²) in [4.78, 5) is 10.4. The van der Waals surface area contributed by atoms with E-state index in [-0.39, 0.29) is 6.42 Å². The summed E-state index contributed by atoms with van der Waals surface area (Å²) in [6.07, 6.45) is 23.5. The summed E-state index contributed by atoms with van der Waals surface area (Å²) in [7, 11) is 0. The second-order valence-corrected chi connectivity index (χ2v) is 6.01. The molecule has 0 aromatic heterocycles. The Morgan fingerprint density at radius 3 is 1.62 bits per heavy atom. The predicted octanol–water partition coefficient (Wildman–Crippen LogP) is 4.71. The highest BCUT2D eigenvalue weighted by molar-refractivity contribution is 5.66. The Labute approximate surface area is 157 Å². The van der Waals surface area contributed by atoms with Gasteiger partial charge in [0.15, 0.2) is 0 Å². The molecular formula is C22H34O4. The molecule has 4 nitrogen and oxygen atoms in total. The highest BCUT2D eigenvalue weighted by Crippen LogP contribution is 2.06. The zero-order chi connectivity index (χ0) is 19.5. The first-order valence-corrected chi connectivity index (χ1v) is 9.40. The molecule has 0 radical (unpaired) electrons. The lowest BCUT2D eigenvalue weighted by molar-refractivity contribution is -0.136. The molecule has 0 spiro atoms. The van der Waals surface area contributed by atoms with Gasteiger partial charge in [0.05, 0.1) is 12.2 Å². The number of carboxylic acid groups (broad SMARTS) is 1. The van der Waals surface area contributed by atoms with E-state index in [1.165, 1.54) is 0 Å². The summed E-state index contributed by atoms with van der Waals surface area (Å²) >= 11 is 0. The van der Waals surface area contributed by atoms with Crippen LogP contribution in [0.3, 0.4) is 0 Å². The predicted molar refractivity (Wildman–Crippen MR) is 108 cm³/mol. The van der Waals surface area contributed by atoms with Gasteiger partial charge in [0.2, 0.25) is 0 Å². The normalized spacial score (nSPS) is 15.2. The summed E-state index contributed by atoms with van der Waals surface area (Å²) in [5.41, 5.74) is 0. The van der Waals surface area contributed by atoms with Crippen LogP contribution in [0.5, 0.6) is 0 Å². The van der Waals surface area contributed by atoms with Crippen LogP contribution in [-0.2, 0) is 4.79 Å². The molecule has 0 aliphatic carbocycles. The molecule has 0 amide bonds. The zero-order valence-electron chi connectivity index (χ0n) is 15.8. The van der Waals surface area contributed by atoms with Gasteiger partial charge in [-0.2, -0.15) is 0 Å². The number of hydrogen-bond donors (Lipinski definition) is 3. The van der Waals surface area contributed by atoms with E-state index in [4.69, 9.17) is 5.11 Å². The fourth-order valence-corrected chi connectivity index (χ4v) is 2.09. The second kappa shape index (κ2) is 17.9. The van der Waals surface area contributed by atoms with Gasteiger partial charge in [-0.05, 0) is 44.9 Å². The fourth-order valence-electron chi connectivity index (χ4n) is 2.09. The van der Waals surface area contributed by atoms with Crippen LogP contribution in [-0.4, -0.2) is 33.5 Å². The molecular weight excluding hydrogens is 328 g/mol. The lowest BCUT2D eigenvalue weighted by Crippen LogP contribution is -2.24. The van der Waals surface area contributed by atoms with Gasteiger partial charge in [0, 0.05) is 6.42 Å². The first-order chi connectivity index (χ1) is 12.6. The van der Waals surface area contributed by atoms with Crippen LogP contribution in [0, 0.1) is 0 Å². The molecule has 2 unspecified atom stereocenters. The first-order valence-electron chi connectivity index (χ1n) is 9.40. The van der Waals surface area contributed by atoms with Crippen LogP contribution in [0.15, 0.2) is 60.8 Å². The Hall–Kier alpha value is -1.91. The van der Waals surface area contributed by atoms with E-state index in [2.05, 4.69) is 43.4 Å². The van der Waals surface area contributed by atoms with E-state index in [9.17, 15) is 15.0 Å². The second-order valence-electron chi connectivity index (χ2n) is 6.01. The molecule has 0 saturated heterocycles. The lowest BCUT2D eigenvalue weighted by atomic mass is 10.1. The van der Waals surface area contributed by atoms with Gasteiger partial charge in [-0.15, -0.1) is 0 Å². The van der Waals surface area contributed by atoms with E-state index in [1.54, 1.807) is 12.2 Å². The van der Waals surface area contributed by atoms with E-state index in [1.807, 2.05) is 12.2 Å². The molecule has 0 aromatic rings. The van der Waals surface area contributed by atoms with Gasteiger partial charge in [0.25, 0.3) is 0 Å². The van der Waals surface area contributed by atoms with Crippen LogP contribution < -0.4 is 0 Å². The van der Waals surface area contributed by atoms with Crippen molar-refractivity contribution in [1.82, 2.24) is 0 Å². The first kappa shape index (κ1) is 24.1. The molecule has 0 aromatic carbocycles.